The Morgan fingerprint density at radius 3 is 2.37 bits per heavy atom. The standard InChI is InChI=1S/C53H78N2O10/c1-4-5-15-46(60)47(61)27-21-38-20-19-37-13-8-7-12-36(37)14-11-16-49(52(3,65)53(29-9-6-10-30-53)40-22-24-41(58)25-23-40)55-45(43(38)31-42(59)34-57)26-28-48(62)51-44(32-50(63)64)39(33-56)18-17-35(2)54-51/h7-8,12-13,21-25,27,35,39,42,44-49,51,54-62,65H,4-6,9-10,15-20,26,28-34H2,1-3H3,(H,63,64). The molecule has 1 saturated carbocycles. The van der Waals surface area contributed by atoms with Crippen molar-refractivity contribution in [2.45, 2.75) is 190 Å². The molecular weight excluding hydrogens is 825 g/mol. The van der Waals surface area contributed by atoms with E-state index in [0.717, 1.165) is 54.4 Å². The zero-order valence-corrected chi connectivity index (χ0v) is 38.9. The average Bonchev–Trinajstić information content (AvgIpc) is 3.45. The van der Waals surface area contributed by atoms with Gasteiger partial charge in [-0.15, -0.1) is 0 Å². The fourth-order valence-electron chi connectivity index (χ4n) is 11.0. The van der Waals surface area contributed by atoms with Crippen LogP contribution in [0, 0.1) is 23.7 Å². The van der Waals surface area contributed by atoms with Crippen LogP contribution in [-0.4, -0.2) is 119 Å². The van der Waals surface area contributed by atoms with E-state index in [9.17, 15) is 50.8 Å². The van der Waals surface area contributed by atoms with Gasteiger partial charge in [0, 0.05) is 48.2 Å². The van der Waals surface area contributed by atoms with Gasteiger partial charge < -0.3 is 56.6 Å². The second-order valence-corrected chi connectivity index (χ2v) is 19.4. The highest BCUT2D eigenvalue weighted by Crippen LogP contribution is 2.50. The summed E-state index contributed by atoms with van der Waals surface area (Å²) in [4.78, 5) is 12.2. The van der Waals surface area contributed by atoms with Gasteiger partial charge in [0.15, 0.2) is 0 Å². The molecule has 0 spiro atoms. The van der Waals surface area contributed by atoms with Crippen LogP contribution >= 0.6 is 0 Å². The molecule has 0 amide bonds. The van der Waals surface area contributed by atoms with Crippen LogP contribution in [0.15, 0.2) is 71.8 Å². The number of carbonyl (C=O) groups is 1. The van der Waals surface area contributed by atoms with Gasteiger partial charge in [0.2, 0.25) is 0 Å². The molecule has 12 heteroatoms. The number of aryl methyl sites for hydroxylation is 1. The molecule has 1 saturated heterocycles. The largest absolute Gasteiger partial charge is 0.508 e. The topological polar surface area (TPSA) is 223 Å². The van der Waals surface area contributed by atoms with Crippen LogP contribution in [-0.2, 0) is 16.6 Å². The molecule has 0 radical (unpaired) electrons. The van der Waals surface area contributed by atoms with Crippen molar-refractivity contribution in [1.29, 1.82) is 0 Å². The van der Waals surface area contributed by atoms with E-state index in [4.69, 9.17) is 0 Å². The molecule has 2 fully saturated rings. The number of unbranched alkanes of at least 4 members (excludes halogenated alkanes) is 1. The van der Waals surface area contributed by atoms with Gasteiger partial charge in [0.1, 0.15) is 5.75 Å². The van der Waals surface area contributed by atoms with Crippen LogP contribution < -0.4 is 10.6 Å². The third kappa shape index (κ3) is 13.7. The molecule has 11 N–H and O–H groups in total. The molecule has 65 heavy (non-hydrogen) atoms. The first kappa shape index (κ1) is 52.4. The molecule has 2 aliphatic heterocycles. The summed E-state index contributed by atoms with van der Waals surface area (Å²) in [6.07, 6.45) is 7.85. The van der Waals surface area contributed by atoms with Gasteiger partial charge in [0.05, 0.1) is 43.0 Å². The summed E-state index contributed by atoms with van der Waals surface area (Å²) in [7, 11) is 0. The molecule has 2 aromatic carbocycles. The number of phenols is 1. The summed E-state index contributed by atoms with van der Waals surface area (Å²) in [5.74, 6) is 5.08. The van der Waals surface area contributed by atoms with Crippen molar-refractivity contribution < 1.29 is 50.8 Å². The van der Waals surface area contributed by atoms with Gasteiger partial charge in [-0.2, -0.15) is 0 Å². The maximum Gasteiger partial charge on any atom is 0.303 e. The van der Waals surface area contributed by atoms with E-state index in [1.807, 2.05) is 57.2 Å². The van der Waals surface area contributed by atoms with Gasteiger partial charge in [-0.05, 0) is 130 Å². The average molecular weight is 903 g/mol. The monoisotopic (exact) mass is 903 g/mol. The Morgan fingerprint density at radius 1 is 0.969 bits per heavy atom. The SMILES string of the molecule is CCCCC(O)C(O)C=CC1=C(CC(O)CO)C(CCC(O)C2NC(C)CCC(CO)C2CC(=O)O)NC(C(C)(O)C2(c3ccc(O)cc3)CCCCC2)CC#Cc2ccccc2CC1. The normalized spacial score (nSPS) is 27.1. The summed E-state index contributed by atoms with van der Waals surface area (Å²) in [5.41, 5.74) is 1.98. The first-order valence-corrected chi connectivity index (χ1v) is 24.3. The molecule has 0 bridgehead atoms. The van der Waals surface area contributed by atoms with Crippen molar-refractivity contribution in [3.63, 3.8) is 0 Å². The molecule has 12 nitrogen and oxygen atoms in total. The fraction of sp³-hybridized carbons (Fsp3) is 0.642. The van der Waals surface area contributed by atoms with Crippen LogP contribution in [0.1, 0.15) is 140 Å². The minimum absolute atomic E-state index is 0.0106. The minimum atomic E-state index is -1.46. The quantitative estimate of drug-likeness (QED) is 0.0782. The molecular formula is C53H78N2O10. The van der Waals surface area contributed by atoms with Gasteiger partial charge >= 0.3 is 5.97 Å². The van der Waals surface area contributed by atoms with E-state index in [0.29, 0.717) is 50.5 Å². The zero-order valence-electron chi connectivity index (χ0n) is 38.9. The molecule has 5 rings (SSSR count). The summed E-state index contributed by atoms with van der Waals surface area (Å²) in [6.45, 7) is 5.14. The second-order valence-electron chi connectivity index (χ2n) is 19.4. The van der Waals surface area contributed by atoms with Crippen LogP contribution in [0.25, 0.3) is 0 Å². The number of carboxylic acids is 1. The number of rotatable bonds is 19. The highest BCUT2D eigenvalue weighted by molar-refractivity contribution is 5.67. The van der Waals surface area contributed by atoms with Crippen LogP contribution in [0.2, 0.25) is 0 Å². The van der Waals surface area contributed by atoms with Crippen molar-refractivity contribution in [2.24, 2.45) is 11.8 Å². The Labute approximate surface area is 386 Å². The molecule has 1 aliphatic carbocycles. The molecule has 360 valence electrons. The van der Waals surface area contributed by atoms with Gasteiger partial charge in [0.25, 0.3) is 0 Å². The summed E-state index contributed by atoms with van der Waals surface area (Å²) in [6, 6.07) is 12.9. The second kappa shape index (κ2) is 25.0. The smallest absolute Gasteiger partial charge is 0.303 e. The predicted molar refractivity (Wildman–Crippen MR) is 253 cm³/mol. The third-order valence-corrected chi connectivity index (χ3v) is 15.0. The van der Waals surface area contributed by atoms with Crippen LogP contribution in [0.3, 0.4) is 0 Å². The zero-order chi connectivity index (χ0) is 47.1. The lowest BCUT2D eigenvalue weighted by atomic mass is 9.57. The number of nitrogens with one attached hydrogen (secondary N) is 2. The Balaban J connectivity index is 1.70. The first-order chi connectivity index (χ1) is 31.1. The van der Waals surface area contributed by atoms with Crippen molar-refractivity contribution in [3.8, 4) is 17.6 Å². The molecule has 2 aromatic rings. The Morgan fingerprint density at radius 2 is 1.69 bits per heavy atom. The number of aliphatic hydroxyl groups excluding tert-OH is 6. The van der Waals surface area contributed by atoms with Crippen molar-refractivity contribution in [1.82, 2.24) is 10.6 Å². The predicted octanol–water partition coefficient (Wildman–Crippen LogP) is 5.55. The number of aliphatic carboxylic acids is 1. The number of aliphatic hydroxyl groups is 7. The van der Waals surface area contributed by atoms with E-state index in [-0.39, 0.29) is 56.4 Å². The van der Waals surface area contributed by atoms with Crippen LogP contribution in [0.5, 0.6) is 5.75 Å². The minimum Gasteiger partial charge on any atom is -0.508 e. The number of benzene rings is 2. The van der Waals surface area contributed by atoms with Crippen molar-refractivity contribution in [3.05, 3.63) is 88.5 Å². The number of allylic oxidation sites excluding steroid dienone is 2. The maximum atomic E-state index is 13.4. The summed E-state index contributed by atoms with van der Waals surface area (Å²) < 4.78 is 0. The first-order valence-electron chi connectivity index (χ1n) is 24.3. The highest BCUT2D eigenvalue weighted by atomic mass is 16.4. The van der Waals surface area contributed by atoms with E-state index in [1.54, 1.807) is 24.3 Å². The number of hydrogen-bond acceptors (Lipinski definition) is 11. The van der Waals surface area contributed by atoms with E-state index >= 15 is 0 Å². The number of phenolic OH excluding ortho intramolecular Hbond substituents is 1. The molecule has 2 heterocycles. The highest BCUT2D eigenvalue weighted by Gasteiger charge is 2.53. The molecule has 11 unspecified atom stereocenters. The fourth-order valence-corrected chi connectivity index (χ4v) is 11.0. The number of hydrogen-bond donors (Lipinski definition) is 11. The number of carboxylic acid groups (broad SMARTS) is 1. The van der Waals surface area contributed by atoms with E-state index in [1.165, 1.54) is 0 Å². The van der Waals surface area contributed by atoms with E-state index < -0.39 is 72.1 Å². The molecule has 3 aliphatic rings. The Kier molecular flexibility index (Phi) is 20.1. The number of fused-ring (bicyclic) bond motifs is 1. The van der Waals surface area contributed by atoms with Crippen molar-refractivity contribution in [2.75, 3.05) is 13.2 Å². The lowest BCUT2D eigenvalue weighted by molar-refractivity contribution is -0.139. The van der Waals surface area contributed by atoms with Gasteiger partial charge in [-0.3, -0.25) is 4.79 Å². The lowest BCUT2D eigenvalue weighted by Gasteiger charge is -2.52. The lowest BCUT2D eigenvalue weighted by Crippen LogP contribution is -2.63. The Hall–Kier alpha value is -3.61. The van der Waals surface area contributed by atoms with Crippen molar-refractivity contribution >= 4 is 5.97 Å². The molecule has 11 atom stereocenters. The van der Waals surface area contributed by atoms with Gasteiger partial charge in [-0.25, -0.2) is 0 Å². The van der Waals surface area contributed by atoms with Gasteiger partial charge in [-0.1, -0.05) is 93.4 Å². The summed E-state index contributed by atoms with van der Waals surface area (Å²) in [5, 5.41) is 108. The molecule has 0 aromatic heterocycles. The third-order valence-electron chi connectivity index (χ3n) is 15.0. The van der Waals surface area contributed by atoms with E-state index in [2.05, 4.69) is 22.5 Å². The van der Waals surface area contributed by atoms with Crippen LogP contribution in [0.4, 0.5) is 0 Å². The maximum absolute atomic E-state index is 13.4. The summed E-state index contributed by atoms with van der Waals surface area (Å²) >= 11 is 0. The number of aromatic hydroxyl groups is 1. The Bertz CT molecular complexity index is 1910.